The number of rotatable bonds is 3. The summed E-state index contributed by atoms with van der Waals surface area (Å²) in [6.45, 7) is 3.82. The van der Waals surface area contributed by atoms with E-state index in [0.717, 1.165) is 22.3 Å². The van der Waals surface area contributed by atoms with Crippen molar-refractivity contribution in [2.75, 3.05) is 6.61 Å². The molecule has 0 aliphatic rings. The molecule has 3 heteroatoms. The highest BCUT2D eigenvalue weighted by Crippen LogP contribution is 2.20. The summed E-state index contributed by atoms with van der Waals surface area (Å²) in [4.78, 5) is 4.41. The first kappa shape index (κ1) is 10.9. The van der Waals surface area contributed by atoms with Crippen molar-refractivity contribution in [2.24, 2.45) is 0 Å². The molecular weight excluding hydrogens is 202 g/mol. The number of hydrogen-bond donors (Lipinski definition) is 1. The highest BCUT2D eigenvalue weighted by molar-refractivity contribution is 5.80. The van der Waals surface area contributed by atoms with Crippen molar-refractivity contribution in [2.45, 2.75) is 20.0 Å². The molecule has 2 rings (SSSR count). The summed E-state index contributed by atoms with van der Waals surface area (Å²) < 4.78 is 5.52. The van der Waals surface area contributed by atoms with Crippen LogP contribution in [0.15, 0.2) is 30.3 Å². The van der Waals surface area contributed by atoms with Gasteiger partial charge in [0, 0.05) is 11.1 Å². The zero-order valence-corrected chi connectivity index (χ0v) is 9.47. The van der Waals surface area contributed by atoms with Crippen LogP contribution >= 0.6 is 0 Å². The predicted molar refractivity (Wildman–Crippen MR) is 63.7 cm³/mol. The van der Waals surface area contributed by atoms with Crippen LogP contribution in [0, 0.1) is 6.92 Å². The van der Waals surface area contributed by atoms with E-state index in [9.17, 15) is 0 Å². The van der Waals surface area contributed by atoms with Crippen LogP contribution in [-0.4, -0.2) is 22.8 Å². The van der Waals surface area contributed by atoms with E-state index in [1.807, 2.05) is 44.2 Å². The molecule has 0 fully saturated rings. The van der Waals surface area contributed by atoms with Gasteiger partial charge in [-0.05, 0) is 38.1 Å². The summed E-state index contributed by atoms with van der Waals surface area (Å²) in [6, 6.07) is 9.74. The highest BCUT2D eigenvalue weighted by Gasteiger charge is 2.03. The molecule has 0 aliphatic heterocycles. The van der Waals surface area contributed by atoms with Gasteiger partial charge in [-0.2, -0.15) is 0 Å². The second kappa shape index (κ2) is 4.49. The van der Waals surface area contributed by atoms with Gasteiger partial charge in [0.1, 0.15) is 11.9 Å². The minimum Gasteiger partial charge on any atom is -0.488 e. The molecule has 1 aromatic heterocycles. The van der Waals surface area contributed by atoms with Crippen LogP contribution in [0.25, 0.3) is 10.9 Å². The van der Waals surface area contributed by atoms with E-state index in [1.54, 1.807) is 0 Å². The van der Waals surface area contributed by atoms with Crippen LogP contribution in [0.1, 0.15) is 12.6 Å². The maximum atomic E-state index is 8.91. The monoisotopic (exact) mass is 217 g/mol. The number of aliphatic hydroxyl groups is 1. The number of aliphatic hydroxyl groups excluding tert-OH is 1. The molecule has 2 aromatic rings. The van der Waals surface area contributed by atoms with Crippen LogP contribution in [0.3, 0.4) is 0 Å². The molecule has 84 valence electrons. The minimum atomic E-state index is -0.184. The number of aromatic nitrogens is 1. The zero-order valence-electron chi connectivity index (χ0n) is 9.47. The molecule has 0 saturated heterocycles. The molecule has 1 unspecified atom stereocenters. The lowest BCUT2D eigenvalue weighted by atomic mass is 10.2. The minimum absolute atomic E-state index is 0.0180. The van der Waals surface area contributed by atoms with Crippen molar-refractivity contribution < 1.29 is 9.84 Å². The van der Waals surface area contributed by atoms with Crippen LogP contribution in [0.4, 0.5) is 0 Å². The smallest absolute Gasteiger partial charge is 0.120 e. The van der Waals surface area contributed by atoms with Gasteiger partial charge in [0.05, 0.1) is 12.1 Å². The number of nitrogens with zero attached hydrogens (tertiary/aromatic N) is 1. The van der Waals surface area contributed by atoms with Gasteiger partial charge in [0.15, 0.2) is 0 Å². The van der Waals surface area contributed by atoms with E-state index in [1.165, 1.54) is 0 Å². The predicted octanol–water partition coefficient (Wildman–Crippen LogP) is 2.30. The van der Waals surface area contributed by atoms with Gasteiger partial charge in [0.25, 0.3) is 0 Å². The average Bonchev–Trinajstić information content (AvgIpc) is 2.29. The standard InChI is InChI=1S/C13H15NO2/c1-9-3-4-11-7-12(16-10(2)8-15)5-6-13(11)14-9/h3-7,10,15H,8H2,1-2H3. The van der Waals surface area contributed by atoms with Gasteiger partial charge in [-0.3, -0.25) is 4.98 Å². The zero-order chi connectivity index (χ0) is 11.5. The molecule has 0 saturated carbocycles. The quantitative estimate of drug-likeness (QED) is 0.857. The second-order valence-corrected chi connectivity index (χ2v) is 3.92. The number of benzene rings is 1. The first-order chi connectivity index (χ1) is 7.69. The third-order valence-corrected chi connectivity index (χ3v) is 2.39. The van der Waals surface area contributed by atoms with Crippen molar-refractivity contribution in [1.82, 2.24) is 4.98 Å². The lowest BCUT2D eigenvalue weighted by Gasteiger charge is -2.12. The average molecular weight is 217 g/mol. The van der Waals surface area contributed by atoms with Crippen LogP contribution in [-0.2, 0) is 0 Å². The molecule has 0 aliphatic carbocycles. The van der Waals surface area contributed by atoms with Crippen LogP contribution in [0.2, 0.25) is 0 Å². The van der Waals surface area contributed by atoms with Crippen molar-refractivity contribution in [3.63, 3.8) is 0 Å². The number of fused-ring (bicyclic) bond motifs is 1. The summed E-state index contributed by atoms with van der Waals surface area (Å²) in [7, 11) is 0. The summed E-state index contributed by atoms with van der Waals surface area (Å²) in [6.07, 6.45) is -0.184. The van der Waals surface area contributed by atoms with Crippen molar-refractivity contribution in [3.05, 3.63) is 36.0 Å². The SMILES string of the molecule is Cc1ccc2cc(OC(C)CO)ccc2n1. The van der Waals surface area contributed by atoms with E-state index in [-0.39, 0.29) is 12.7 Å². The molecule has 1 atom stereocenters. The molecule has 0 radical (unpaired) electrons. The van der Waals surface area contributed by atoms with E-state index < -0.39 is 0 Å². The number of pyridine rings is 1. The third-order valence-electron chi connectivity index (χ3n) is 2.39. The molecule has 16 heavy (non-hydrogen) atoms. The van der Waals surface area contributed by atoms with E-state index in [4.69, 9.17) is 9.84 Å². The number of ether oxygens (including phenoxy) is 1. The molecule has 3 nitrogen and oxygen atoms in total. The molecule has 0 spiro atoms. The maximum Gasteiger partial charge on any atom is 0.120 e. The highest BCUT2D eigenvalue weighted by atomic mass is 16.5. The van der Waals surface area contributed by atoms with Crippen molar-refractivity contribution >= 4 is 10.9 Å². The number of aryl methyl sites for hydroxylation is 1. The van der Waals surface area contributed by atoms with Gasteiger partial charge >= 0.3 is 0 Å². The van der Waals surface area contributed by atoms with Gasteiger partial charge in [-0.15, -0.1) is 0 Å². The largest absolute Gasteiger partial charge is 0.488 e. The Bertz CT molecular complexity index is 496. The fourth-order valence-electron chi connectivity index (χ4n) is 1.55. The molecule has 1 aromatic carbocycles. The van der Waals surface area contributed by atoms with Crippen molar-refractivity contribution in [1.29, 1.82) is 0 Å². The molecule has 0 amide bonds. The first-order valence-corrected chi connectivity index (χ1v) is 5.34. The Morgan fingerprint density at radius 2 is 2.12 bits per heavy atom. The van der Waals surface area contributed by atoms with E-state index in [0.29, 0.717) is 0 Å². The summed E-state index contributed by atoms with van der Waals surface area (Å²) in [5.74, 6) is 0.764. The Hall–Kier alpha value is -1.61. The first-order valence-electron chi connectivity index (χ1n) is 5.34. The summed E-state index contributed by atoms with van der Waals surface area (Å²) in [5.41, 5.74) is 1.97. The Kier molecular flexibility index (Phi) is 3.06. The van der Waals surface area contributed by atoms with Crippen molar-refractivity contribution in [3.8, 4) is 5.75 Å². The fourth-order valence-corrected chi connectivity index (χ4v) is 1.55. The summed E-state index contributed by atoms with van der Waals surface area (Å²) in [5, 5.41) is 9.96. The normalized spacial score (nSPS) is 12.7. The Morgan fingerprint density at radius 1 is 1.31 bits per heavy atom. The fraction of sp³-hybridized carbons (Fsp3) is 0.308. The third kappa shape index (κ3) is 2.31. The van der Waals surface area contributed by atoms with Gasteiger partial charge < -0.3 is 9.84 Å². The van der Waals surface area contributed by atoms with Gasteiger partial charge in [-0.25, -0.2) is 0 Å². The number of hydrogen-bond acceptors (Lipinski definition) is 3. The second-order valence-electron chi connectivity index (χ2n) is 3.92. The Labute approximate surface area is 94.7 Å². The molecule has 1 N–H and O–H groups in total. The lowest BCUT2D eigenvalue weighted by molar-refractivity contribution is 0.130. The molecular formula is C13H15NO2. The van der Waals surface area contributed by atoms with Gasteiger partial charge in [-0.1, -0.05) is 6.07 Å². The summed E-state index contributed by atoms with van der Waals surface area (Å²) >= 11 is 0. The molecule has 0 bridgehead atoms. The Balaban J connectivity index is 2.33. The lowest BCUT2D eigenvalue weighted by Crippen LogP contribution is -2.16. The van der Waals surface area contributed by atoms with Crippen LogP contribution < -0.4 is 4.74 Å². The maximum absolute atomic E-state index is 8.91. The Morgan fingerprint density at radius 3 is 2.88 bits per heavy atom. The van der Waals surface area contributed by atoms with E-state index in [2.05, 4.69) is 4.98 Å². The van der Waals surface area contributed by atoms with E-state index >= 15 is 0 Å². The van der Waals surface area contributed by atoms with Crippen LogP contribution in [0.5, 0.6) is 5.75 Å². The topological polar surface area (TPSA) is 42.4 Å². The molecule has 1 heterocycles. The van der Waals surface area contributed by atoms with Gasteiger partial charge in [0.2, 0.25) is 0 Å².